The second-order valence-electron chi connectivity index (χ2n) is 4.00. The number of nitrogens with one attached hydrogen (secondary N) is 1. The average molecular weight is 304 g/mol. The zero-order valence-electron chi connectivity index (χ0n) is 9.96. The first-order valence-corrected chi connectivity index (χ1v) is 6.11. The highest BCUT2D eigenvalue weighted by atomic mass is 79.9. The maximum absolute atomic E-state index is 13.2. The van der Waals surface area contributed by atoms with Gasteiger partial charge in [-0.05, 0) is 48.8 Å². The minimum atomic E-state index is -0.655. The lowest BCUT2D eigenvalue weighted by Gasteiger charge is -2.16. The number of amides is 1. The van der Waals surface area contributed by atoms with E-state index in [9.17, 15) is 9.18 Å². The summed E-state index contributed by atoms with van der Waals surface area (Å²) in [6.07, 6.45) is -0.655. The number of hydrogen-bond donors (Lipinski definition) is 1. The van der Waals surface area contributed by atoms with Gasteiger partial charge < -0.3 is 10.1 Å². The van der Waals surface area contributed by atoms with E-state index >= 15 is 0 Å². The monoisotopic (exact) mass is 303 g/mol. The molecule has 1 aromatic carbocycles. The number of ether oxygens (including phenoxy) is 1. The van der Waals surface area contributed by atoms with E-state index in [1.165, 1.54) is 12.1 Å². The predicted molar refractivity (Wildman–Crippen MR) is 67.5 cm³/mol. The summed E-state index contributed by atoms with van der Waals surface area (Å²) < 4.78 is 18.9. The van der Waals surface area contributed by atoms with Crippen LogP contribution in [0.5, 0.6) is 5.75 Å². The van der Waals surface area contributed by atoms with Crippen LogP contribution in [-0.4, -0.2) is 18.1 Å². The van der Waals surface area contributed by atoms with Gasteiger partial charge in [0, 0.05) is 12.1 Å². The number of halogens is 2. The highest BCUT2D eigenvalue weighted by Gasteiger charge is 2.15. The Balaban J connectivity index is 2.64. The van der Waals surface area contributed by atoms with Gasteiger partial charge in [0.1, 0.15) is 11.6 Å². The fourth-order valence-electron chi connectivity index (χ4n) is 1.21. The Labute approximate surface area is 108 Å². The number of benzene rings is 1. The minimum Gasteiger partial charge on any atom is -0.481 e. The molecule has 0 aliphatic heterocycles. The van der Waals surface area contributed by atoms with Crippen LogP contribution in [0.2, 0.25) is 0 Å². The SMILES string of the molecule is CC(C)NC(=O)C(C)Oc1ccc(Br)c(F)c1. The summed E-state index contributed by atoms with van der Waals surface area (Å²) in [4.78, 5) is 11.6. The summed E-state index contributed by atoms with van der Waals surface area (Å²) in [5.41, 5.74) is 0. The summed E-state index contributed by atoms with van der Waals surface area (Å²) in [5.74, 6) is -0.306. The van der Waals surface area contributed by atoms with E-state index in [0.717, 1.165) is 0 Å². The first-order valence-electron chi connectivity index (χ1n) is 5.32. The van der Waals surface area contributed by atoms with Gasteiger partial charge in [0.2, 0.25) is 0 Å². The topological polar surface area (TPSA) is 38.3 Å². The third-order valence-electron chi connectivity index (χ3n) is 2.00. The van der Waals surface area contributed by atoms with Crippen molar-refractivity contribution in [2.75, 3.05) is 0 Å². The van der Waals surface area contributed by atoms with E-state index in [2.05, 4.69) is 21.2 Å². The van der Waals surface area contributed by atoms with Gasteiger partial charge >= 0.3 is 0 Å². The van der Waals surface area contributed by atoms with E-state index in [0.29, 0.717) is 10.2 Å². The lowest BCUT2D eigenvalue weighted by Crippen LogP contribution is -2.40. The molecule has 0 heterocycles. The molecule has 1 N–H and O–H groups in total. The molecule has 0 fully saturated rings. The van der Waals surface area contributed by atoms with Crippen LogP contribution in [0, 0.1) is 5.82 Å². The molecule has 0 spiro atoms. The normalized spacial score (nSPS) is 12.4. The number of carbonyl (C=O) groups excluding carboxylic acids is 1. The molecule has 0 aliphatic carbocycles. The molecule has 17 heavy (non-hydrogen) atoms. The molecular weight excluding hydrogens is 289 g/mol. The molecule has 1 rings (SSSR count). The molecule has 0 aliphatic rings. The minimum absolute atomic E-state index is 0.0511. The molecule has 1 amide bonds. The molecule has 0 bridgehead atoms. The predicted octanol–water partition coefficient (Wildman–Crippen LogP) is 2.88. The fourth-order valence-corrected chi connectivity index (χ4v) is 1.46. The lowest BCUT2D eigenvalue weighted by molar-refractivity contribution is -0.127. The van der Waals surface area contributed by atoms with Crippen molar-refractivity contribution >= 4 is 21.8 Å². The summed E-state index contributed by atoms with van der Waals surface area (Å²) in [6.45, 7) is 5.35. The third-order valence-corrected chi connectivity index (χ3v) is 2.65. The summed E-state index contributed by atoms with van der Waals surface area (Å²) in [5, 5.41) is 2.72. The van der Waals surface area contributed by atoms with Gasteiger partial charge in [0.25, 0.3) is 5.91 Å². The lowest BCUT2D eigenvalue weighted by atomic mass is 10.3. The molecule has 94 valence electrons. The van der Waals surface area contributed by atoms with Crippen LogP contribution < -0.4 is 10.1 Å². The van der Waals surface area contributed by atoms with Gasteiger partial charge in [-0.2, -0.15) is 0 Å². The second-order valence-corrected chi connectivity index (χ2v) is 4.85. The van der Waals surface area contributed by atoms with Crippen molar-refractivity contribution in [3.8, 4) is 5.75 Å². The van der Waals surface area contributed by atoms with E-state index in [1.807, 2.05) is 13.8 Å². The highest BCUT2D eigenvalue weighted by Crippen LogP contribution is 2.21. The Bertz CT molecular complexity index is 409. The average Bonchev–Trinajstić information content (AvgIpc) is 2.22. The van der Waals surface area contributed by atoms with Crippen molar-refractivity contribution in [3.63, 3.8) is 0 Å². The molecule has 0 aromatic heterocycles. The molecule has 1 aromatic rings. The van der Waals surface area contributed by atoms with Crippen LogP contribution in [0.15, 0.2) is 22.7 Å². The number of carbonyl (C=O) groups is 1. The highest BCUT2D eigenvalue weighted by molar-refractivity contribution is 9.10. The van der Waals surface area contributed by atoms with Crippen molar-refractivity contribution in [1.82, 2.24) is 5.32 Å². The maximum atomic E-state index is 13.2. The van der Waals surface area contributed by atoms with Crippen LogP contribution in [0.3, 0.4) is 0 Å². The van der Waals surface area contributed by atoms with Crippen LogP contribution in [0.1, 0.15) is 20.8 Å². The fraction of sp³-hybridized carbons (Fsp3) is 0.417. The molecule has 0 radical (unpaired) electrons. The van der Waals surface area contributed by atoms with Crippen LogP contribution in [0.4, 0.5) is 4.39 Å². The zero-order valence-corrected chi connectivity index (χ0v) is 11.5. The standard InChI is InChI=1S/C12H15BrFNO2/c1-7(2)15-12(16)8(3)17-9-4-5-10(13)11(14)6-9/h4-8H,1-3H3,(H,15,16). The van der Waals surface area contributed by atoms with Crippen molar-refractivity contribution in [2.24, 2.45) is 0 Å². The summed E-state index contributed by atoms with van der Waals surface area (Å²) in [6, 6.07) is 4.43. The quantitative estimate of drug-likeness (QED) is 0.929. The van der Waals surface area contributed by atoms with Gasteiger partial charge in [0.15, 0.2) is 6.10 Å². The Kier molecular flexibility index (Phi) is 4.93. The van der Waals surface area contributed by atoms with Gasteiger partial charge in [0.05, 0.1) is 4.47 Å². The molecule has 0 saturated heterocycles. The molecule has 3 nitrogen and oxygen atoms in total. The first-order chi connectivity index (χ1) is 7.90. The maximum Gasteiger partial charge on any atom is 0.260 e. The van der Waals surface area contributed by atoms with Crippen molar-refractivity contribution in [1.29, 1.82) is 0 Å². The molecule has 1 atom stereocenters. The Morgan fingerprint density at radius 2 is 2.06 bits per heavy atom. The van der Waals surface area contributed by atoms with Gasteiger partial charge in [-0.1, -0.05) is 0 Å². The van der Waals surface area contributed by atoms with E-state index in [1.54, 1.807) is 13.0 Å². The Morgan fingerprint density at radius 1 is 1.41 bits per heavy atom. The molecule has 5 heteroatoms. The van der Waals surface area contributed by atoms with E-state index < -0.39 is 11.9 Å². The van der Waals surface area contributed by atoms with Crippen LogP contribution in [0.25, 0.3) is 0 Å². The molecule has 0 saturated carbocycles. The van der Waals surface area contributed by atoms with Gasteiger partial charge in [-0.3, -0.25) is 4.79 Å². The first kappa shape index (κ1) is 14.0. The van der Waals surface area contributed by atoms with Crippen molar-refractivity contribution < 1.29 is 13.9 Å². The van der Waals surface area contributed by atoms with E-state index in [-0.39, 0.29) is 11.9 Å². The van der Waals surface area contributed by atoms with Crippen LogP contribution in [-0.2, 0) is 4.79 Å². The Morgan fingerprint density at radius 3 is 2.59 bits per heavy atom. The summed E-state index contributed by atoms with van der Waals surface area (Å²) >= 11 is 3.05. The van der Waals surface area contributed by atoms with Crippen molar-refractivity contribution in [2.45, 2.75) is 32.9 Å². The smallest absolute Gasteiger partial charge is 0.260 e. The second kappa shape index (κ2) is 6.00. The molecular formula is C12H15BrFNO2. The number of hydrogen-bond acceptors (Lipinski definition) is 2. The van der Waals surface area contributed by atoms with Gasteiger partial charge in [-0.15, -0.1) is 0 Å². The zero-order chi connectivity index (χ0) is 13.0. The number of rotatable bonds is 4. The third kappa shape index (κ3) is 4.34. The van der Waals surface area contributed by atoms with E-state index in [4.69, 9.17) is 4.74 Å². The Hall–Kier alpha value is -1.10. The van der Waals surface area contributed by atoms with Crippen LogP contribution >= 0.6 is 15.9 Å². The molecule has 1 unspecified atom stereocenters. The summed E-state index contributed by atoms with van der Waals surface area (Å²) in [7, 11) is 0. The van der Waals surface area contributed by atoms with Crippen molar-refractivity contribution in [3.05, 3.63) is 28.5 Å². The van der Waals surface area contributed by atoms with Gasteiger partial charge in [-0.25, -0.2) is 4.39 Å². The largest absolute Gasteiger partial charge is 0.481 e.